The number of carbonyl (C=O) groups excluding carboxylic acids is 1. The first-order valence-electron chi connectivity index (χ1n) is 9.61. The lowest BCUT2D eigenvalue weighted by Crippen LogP contribution is -2.53. The molecule has 0 radical (unpaired) electrons. The lowest BCUT2D eigenvalue weighted by atomic mass is 9.77. The summed E-state index contributed by atoms with van der Waals surface area (Å²) in [7, 11) is 0. The van der Waals surface area contributed by atoms with Crippen molar-refractivity contribution in [1.82, 2.24) is 10.2 Å². The SMILES string of the molecule is O=C(NC1c2cc(Br)ccc2CCC12CC2)O[C@@H]1CN2CCC1CC2. The lowest BCUT2D eigenvalue weighted by Gasteiger charge is -2.44. The molecule has 25 heavy (non-hydrogen) atoms. The molecule has 5 heteroatoms. The normalized spacial score (nSPS) is 34.4. The molecule has 6 rings (SSSR count). The second-order valence-electron chi connectivity index (χ2n) is 8.36. The Morgan fingerprint density at radius 2 is 2.04 bits per heavy atom. The van der Waals surface area contributed by atoms with E-state index in [1.54, 1.807) is 0 Å². The number of hydrogen-bond acceptors (Lipinski definition) is 3. The van der Waals surface area contributed by atoms with Crippen LogP contribution in [-0.4, -0.2) is 36.7 Å². The zero-order valence-corrected chi connectivity index (χ0v) is 16.1. The quantitative estimate of drug-likeness (QED) is 0.808. The van der Waals surface area contributed by atoms with E-state index in [1.165, 1.54) is 56.3 Å². The summed E-state index contributed by atoms with van der Waals surface area (Å²) in [5.41, 5.74) is 2.92. The maximum atomic E-state index is 12.7. The Kier molecular flexibility index (Phi) is 3.86. The van der Waals surface area contributed by atoms with Crippen LogP contribution in [0.4, 0.5) is 4.79 Å². The van der Waals surface area contributed by atoms with Crippen molar-refractivity contribution in [3.63, 3.8) is 0 Å². The lowest BCUT2D eigenvalue weighted by molar-refractivity contribution is -0.0347. The number of ether oxygens (including phenoxy) is 1. The number of benzene rings is 1. The van der Waals surface area contributed by atoms with Gasteiger partial charge in [-0.15, -0.1) is 0 Å². The summed E-state index contributed by atoms with van der Waals surface area (Å²) < 4.78 is 6.98. The number of piperidine rings is 3. The van der Waals surface area contributed by atoms with Crippen LogP contribution >= 0.6 is 15.9 Å². The molecule has 1 spiro atoms. The topological polar surface area (TPSA) is 41.6 Å². The number of fused-ring (bicyclic) bond motifs is 4. The summed E-state index contributed by atoms with van der Waals surface area (Å²) in [6.07, 6.45) is 6.91. The van der Waals surface area contributed by atoms with Crippen LogP contribution in [0.2, 0.25) is 0 Å². The van der Waals surface area contributed by atoms with Crippen molar-refractivity contribution >= 4 is 22.0 Å². The van der Waals surface area contributed by atoms with Crippen molar-refractivity contribution in [2.75, 3.05) is 19.6 Å². The van der Waals surface area contributed by atoms with Crippen LogP contribution in [0, 0.1) is 11.3 Å². The third kappa shape index (κ3) is 2.89. The minimum Gasteiger partial charge on any atom is -0.445 e. The Morgan fingerprint density at radius 3 is 2.72 bits per heavy atom. The number of carbonyl (C=O) groups is 1. The highest BCUT2D eigenvalue weighted by molar-refractivity contribution is 9.10. The van der Waals surface area contributed by atoms with Crippen LogP contribution in [0.1, 0.15) is 49.3 Å². The van der Waals surface area contributed by atoms with E-state index in [0.717, 1.165) is 17.4 Å². The summed E-state index contributed by atoms with van der Waals surface area (Å²) in [6.45, 7) is 3.24. The van der Waals surface area contributed by atoms with Gasteiger partial charge in [-0.25, -0.2) is 4.79 Å². The van der Waals surface area contributed by atoms with Gasteiger partial charge in [-0.1, -0.05) is 22.0 Å². The van der Waals surface area contributed by atoms with E-state index in [1.807, 2.05) is 0 Å². The molecule has 4 nitrogen and oxygen atoms in total. The van der Waals surface area contributed by atoms with Gasteiger partial charge in [0.25, 0.3) is 0 Å². The van der Waals surface area contributed by atoms with Gasteiger partial charge in [-0.05, 0) is 86.2 Å². The molecule has 3 aliphatic heterocycles. The van der Waals surface area contributed by atoms with Gasteiger partial charge < -0.3 is 10.1 Å². The molecule has 3 heterocycles. The number of hydrogen-bond donors (Lipinski definition) is 1. The highest BCUT2D eigenvalue weighted by Gasteiger charge is 2.53. The second-order valence-corrected chi connectivity index (χ2v) is 9.28. The van der Waals surface area contributed by atoms with Gasteiger partial charge in [0.1, 0.15) is 6.10 Å². The highest BCUT2D eigenvalue weighted by atomic mass is 79.9. The van der Waals surface area contributed by atoms with Gasteiger partial charge in [0.05, 0.1) is 6.04 Å². The molecule has 2 atom stereocenters. The third-order valence-electron chi connectivity index (χ3n) is 6.93. The molecule has 1 aromatic carbocycles. The van der Waals surface area contributed by atoms with Gasteiger partial charge in [-0.3, -0.25) is 4.90 Å². The summed E-state index contributed by atoms with van der Waals surface area (Å²) in [4.78, 5) is 15.1. The minimum absolute atomic E-state index is 0.0724. The van der Waals surface area contributed by atoms with Crippen LogP contribution in [0.25, 0.3) is 0 Å². The minimum atomic E-state index is -0.220. The molecule has 2 bridgehead atoms. The average Bonchev–Trinajstić information content (AvgIpc) is 3.39. The zero-order valence-electron chi connectivity index (χ0n) is 14.5. The third-order valence-corrected chi connectivity index (χ3v) is 7.43. The van der Waals surface area contributed by atoms with Crippen molar-refractivity contribution in [2.24, 2.45) is 11.3 Å². The fourth-order valence-corrected chi connectivity index (χ4v) is 5.56. The Labute approximate surface area is 157 Å². The molecule has 4 fully saturated rings. The van der Waals surface area contributed by atoms with E-state index < -0.39 is 0 Å². The maximum Gasteiger partial charge on any atom is 0.407 e. The maximum absolute atomic E-state index is 12.7. The number of nitrogens with zero attached hydrogens (tertiary/aromatic N) is 1. The molecular formula is C20H25BrN2O2. The molecule has 1 saturated carbocycles. The summed E-state index contributed by atoms with van der Waals surface area (Å²) in [5, 5.41) is 3.26. The van der Waals surface area contributed by atoms with E-state index >= 15 is 0 Å². The number of halogens is 1. The van der Waals surface area contributed by atoms with Gasteiger partial charge in [0.15, 0.2) is 0 Å². The predicted octanol–water partition coefficient (Wildman–Crippen LogP) is 4.04. The van der Waals surface area contributed by atoms with Crippen molar-refractivity contribution in [2.45, 2.75) is 50.7 Å². The molecule has 1 N–H and O–H groups in total. The van der Waals surface area contributed by atoms with E-state index in [2.05, 4.69) is 44.3 Å². The first kappa shape index (κ1) is 16.1. The Hall–Kier alpha value is -1.07. The summed E-state index contributed by atoms with van der Waals surface area (Å²) in [5.74, 6) is 0.554. The number of nitrogens with one attached hydrogen (secondary N) is 1. The van der Waals surface area contributed by atoms with Crippen molar-refractivity contribution in [3.05, 3.63) is 33.8 Å². The number of alkyl carbamates (subject to hydrolysis) is 1. The molecule has 1 amide bonds. The zero-order chi connectivity index (χ0) is 17.0. The molecule has 2 aliphatic carbocycles. The van der Waals surface area contributed by atoms with Crippen LogP contribution in [0.5, 0.6) is 0 Å². The van der Waals surface area contributed by atoms with Crippen LogP contribution in [0.3, 0.4) is 0 Å². The number of rotatable bonds is 2. The van der Waals surface area contributed by atoms with E-state index in [0.29, 0.717) is 5.92 Å². The molecule has 5 aliphatic rings. The predicted molar refractivity (Wildman–Crippen MR) is 99.4 cm³/mol. The van der Waals surface area contributed by atoms with Crippen LogP contribution in [0.15, 0.2) is 22.7 Å². The second kappa shape index (κ2) is 5.98. The van der Waals surface area contributed by atoms with Crippen LogP contribution < -0.4 is 5.32 Å². The standard InChI is InChI=1S/C20H25BrN2O2/c21-15-2-1-13-3-6-20(7-8-20)18(16(13)11-15)22-19(24)25-17-12-23-9-4-14(17)5-10-23/h1-2,11,14,17-18H,3-10,12H2,(H,22,24)/t17-,18?/m1/s1. The molecular weight excluding hydrogens is 380 g/mol. The van der Waals surface area contributed by atoms with Gasteiger partial charge in [0, 0.05) is 11.0 Å². The van der Waals surface area contributed by atoms with Crippen molar-refractivity contribution < 1.29 is 9.53 Å². The smallest absolute Gasteiger partial charge is 0.407 e. The largest absolute Gasteiger partial charge is 0.445 e. The van der Waals surface area contributed by atoms with Crippen LogP contribution in [-0.2, 0) is 11.2 Å². The highest BCUT2D eigenvalue weighted by Crippen LogP contribution is 2.61. The van der Waals surface area contributed by atoms with Gasteiger partial charge in [-0.2, -0.15) is 0 Å². The number of aryl methyl sites for hydroxylation is 1. The monoisotopic (exact) mass is 404 g/mol. The van der Waals surface area contributed by atoms with Gasteiger partial charge >= 0.3 is 6.09 Å². The molecule has 1 unspecified atom stereocenters. The summed E-state index contributed by atoms with van der Waals surface area (Å²) >= 11 is 3.59. The van der Waals surface area contributed by atoms with Crippen molar-refractivity contribution in [1.29, 1.82) is 0 Å². The van der Waals surface area contributed by atoms with E-state index in [-0.39, 0.29) is 23.7 Å². The summed E-state index contributed by atoms with van der Waals surface area (Å²) in [6, 6.07) is 6.59. The molecule has 134 valence electrons. The van der Waals surface area contributed by atoms with E-state index in [9.17, 15) is 4.79 Å². The Morgan fingerprint density at radius 1 is 1.24 bits per heavy atom. The van der Waals surface area contributed by atoms with Crippen molar-refractivity contribution in [3.8, 4) is 0 Å². The molecule has 0 aromatic heterocycles. The molecule has 1 aromatic rings. The molecule has 3 saturated heterocycles. The fourth-order valence-electron chi connectivity index (χ4n) is 5.18. The number of amides is 1. The Balaban J connectivity index is 1.33. The van der Waals surface area contributed by atoms with Gasteiger partial charge in [0.2, 0.25) is 0 Å². The fraction of sp³-hybridized carbons (Fsp3) is 0.650. The average molecular weight is 405 g/mol. The van der Waals surface area contributed by atoms with E-state index in [4.69, 9.17) is 4.74 Å². The first-order valence-corrected chi connectivity index (χ1v) is 10.4. The first-order chi connectivity index (χ1) is 12.1. The Bertz CT molecular complexity index is 695.